The highest BCUT2D eigenvalue weighted by Gasteiger charge is 2.07. The Bertz CT molecular complexity index is 632. The lowest BCUT2D eigenvalue weighted by Gasteiger charge is -2.17. The van der Waals surface area contributed by atoms with Gasteiger partial charge in [-0.15, -0.1) is 0 Å². The molecule has 0 spiro atoms. The van der Waals surface area contributed by atoms with Gasteiger partial charge in [-0.3, -0.25) is 4.55 Å². The third-order valence-electron chi connectivity index (χ3n) is 4.78. The minimum Gasteiger partial charge on any atom is -0.362 e. The second-order valence-electron chi connectivity index (χ2n) is 7.48. The van der Waals surface area contributed by atoms with Gasteiger partial charge in [0, 0.05) is 26.0 Å². The first-order valence-corrected chi connectivity index (χ1v) is 12.0. The van der Waals surface area contributed by atoms with Crippen LogP contribution in [-0.4, -0.2) is 43.0 Å². The van der Waals surface area contributed by atoms with E-state index in [1.807, 2.05) is 0 Å². The Morgan fingerprint density at radius 1 is 0.857 bits per heavy atom. The number of unbranched alkanes of at least 4 members (excludes halogenated alkanes) is 9. The van der Waals surface area contributed by atoms with Crippen LogP contribution in [0.2, 0.25) is 0 Å². The Hall–Kier alpha value is -1.53. The van der Waals surface area contributed by atoms with Crippen molar-refractivity contribution in [3.63, 3.8) is 0 Å². The van der Waals surface area contributed by atoms with Crippen LogP contribution in [0.4, 0.5) is 0 Å². The molecule has 28 heavy (non-hydrogen) atoms. The van der Waals surface area contributed by atoms with Gasteiger partial charge in [0.15, 0.2) is 0 Å². The molecular formula is C22H38N2O3S. The quantitative estimate of drug-likeness (QED) is 0.363. The van der Waals surface area contributed by atoms with Crippen LogP contribution in [0.15, 0.2) is 47.6 Å². The summed E-state index contributed by atoms with van der Waals surface area (Å²) in [5.74, 6) is 0. The van der Waals surface area contributed by atoms with Crippen molar-refractivity contribution in [2.75, 3.05) is 20.3 Å². The Kier molecular flexibility index (Phi) is 12.7. The highest BCUT2D eigenvalue weighted by molar-refractivity contribution is 7.85. The zero-order chi connectivity index (χ0) is 20.7. The average Bonchev–Trinajstić information content (AvgIpc) is 3.09. The van der Waals surface area contributed by atoms with Crippen molar-refractivity contribution in [1.82, 2.24) is 9.80 Å². The lowest BCUT2D eigenvalue weighted by Crippen LogP contribution is -2.23. The van der Waals surface area contributed by atoms with Gasteiger partial charge in [0.1, 0.15) is 0 Å². The van der Waals surface area contributed by atoms with Gasteiger partial charge >= 0.3 is 0 Å². The van der Waals surface area contributed by atoms with Gasteiger partial charge in [-0.05, 0) is 18.6 Å². The lowest BCUT2D eigenvalue weighted by atomic mass is 10.1. The summed E-state index contributed by atoms with van der Waals surface area (Å²) in [6.45, 7) is 4.60. The van der Waals surface area contributed by atoms with Crippen molar-refractivity contribution >= 4 is 10.1 Å². The highest BCUT2D eigenvalue weighted by Crippen LogP contribution is 2.12. The van der Waals surface area contributed by atoms with E-state index >= 15 is 0 Å². The second-order valence-corrected chi connectivity index (χ2v) is 8.90. The zero-order valence-corrected chi connectivity index (χ0v) is 18.4. The fourth-order valence-electron chi connectivity index (χ4n) is 3.13. The van der Waals surface area contributed by atoms with Crippen molar-refractivity contribution in [2.45, 2.75) is 76.0 Å². The van der Waals surface area contributed by atoms with E-state index in [0.717, 1.165) is 6.67 Å². The van der Waals surface area contributed by atoms with Gasteiger partial charge in [0.2, 0.25) is 0 Å². The van der Waals surface area contributed by atoms with Gasteiger partial charge in [0.25, 0.3) is 10.1 Å². The van der Waals surface area contributed by atoms with Gasteiger partial charge in [-0.25, -0.2) is 0 Å². The predicted octanol–water partition coefficient (Wildman–Crippen LogP) is 5.52. The number of hydrogen-bond donors (Lipinski definition) is 1. The molecule has 0 aromatic heterocycles. The number of nitrogens with zero attached hydrogens (tertiary/aromatic N) is 2. The first kappa shape index (κ1) is 24.5. The molecule has 1 aliphatic rings. The fourth-order valence-corrected chi connectivity index (χ4v) is 3.63. The smallest absolute Gasteiger partial charge is 0.294 e. The summed E-state index contributed by atoms with van der Waals surface area (Å²) in [5, 5.41) is 0. The maximum Gasteiger partial charge on any atom is 0.294 e. The monoisotopic (exact) mass is 410 g/mol. The van der Waals surface area contributed by atoms with Crippen LogP contribution in [-0.2, 0) is 10.1 Å². The predicted molar refractivity (Wildman–Crippen MR) is 117 cm³/mol. The minimum atomic E-state index is -4.00. The van der Waals surface area contributed by atoms with Crippen molar-refractivity contribution in [1.29, 1.82) is 0 Å². The minimum absolute atomic E-state index is 0.0741. The topological polar surface area (TPSA) is 60.9 Å². The van der Waals surface area contributed by atoms with Crippen LogP contribution in [0.1, 0.15) is 71.1 Å². The molecule has 160 valence electrons. The van der Waals surface area contributed by atoms with Crippen molar-refractivity contribution in [3.05, 3.63) is 42.7 Å². The summed E-state index contributed by atoms with van der Waals surface area (Å²) in [7, 11) is -1.87. The lowest BCUT2D eigenvalue weighted by molar-refractivity contribution is 0.290. The maximum absolute atomic E-state index is 10.4. The molecule has 0 saturated carbocycles. The Balaban J connectivity index is 0.000000330. The Morgan fingerprint density at radius 3 is 1.82 bits per heavy atom. The molecule has 5 nitrogen and oxygen atoms in total. The molecule has 0 radical (unpaired) electrons. The molecule has 1 aliphatic heterocycles. The first-order chi connectivity index (χ1) is 13.4. The zero-order valence-electron chi connectivity index (χ0n) is 17.6. The van der Waals surface area contributed by atoms with Gasteiger partial charge in [-0.2, -0.15) is 8.42 Å². The van der Waals surface area contributed by atoms with Crippen LogP contribution >= 0.6 is 0 Å². The molecular weight excluding hydrogens is 372 g/mol. The van der Waals surface area contributed by atoms with E-state index in [-0.39, 0.29) is 4.90 Å². The maximum atomic E-state index is 10.4. The largest absolute Gasteiger partial charge is 0.362 e. The average molecular weight is 411 g/mol. The molecule has 0 bridgehead atoms. The molecule has 0 unspecified atom stereocenters. The summed E-state index contributed by atoms with van der Waals surface area (Å²) in [6.07, 6.45) is 18.6. The molecule has 1 aromatic carbocycles. The normalized spacial score (nSPS) is 13.5. The standard InChI is InChI=1S/C16H32N2.C6H6O3S/c1-3-4-5-6-7-8-9-10-11-12-13-18-15-14-17(2)16-18;7-10(8,9)6-4-2-1-3-5-6/h14-15H,3-13,16H2,1-2H3;1-5H,(H,7,8,9). The fraction of sp³-hybridized carbons (Fsp3) is 0.636. The molecule has 0 atom stereocenters. The van der Waals surface area contributed by atoms with E-state index in [9.17, 15) is 8.42 Å². The summed E-state index contributed by atoms with van der Waals surface area (Å²) >= 11 is 0. The van der Waals surface area contributed by atoms with E-state index < -0.39 is 10.1 Å². The van der Waals surface area contributed by atoms with E-state index in [4.69, 9.17) is 4.55 Å². The third kappa shape index (κ3) is 12.0. The summed E-state index contributed by atoms with van der Waals surface area (Å²) in [6, 6.07) is 7.42. The number of benzene rings is 1. The molecule has 2 rings (SSSR count). The van der Waals surface area contributed by atoms with Crippen molar-refractivity contribution in [3.8, 4) is 0 Å². The molecule has 1 aromatic rings. The molecule has 0 fully saturated rings. The van der Waals surface area contributed by atoms with Crippen LogP contribution in [0.3, 0.4) is 0 Å². The van der Waals surface area contributed by atoms with E-state index in [1.165, 1.54) is 82.9 Å². The van der Waals surface area contributed by atoms with E-state index in [1.54, 1.807) is 18.2 Å². The van der Waals surface area contributed by atoms with Crippen LogP contribution < -0.4 is 0 Å². The van der Waals surface area contributed by atoms with Crippen LogP contribution in [0.5, 0.6) is 0 Å². The van der Waals surface area contributed by atoms with Crippen molar-refractivity contribution < 1.29 is 13.0 Å². The third-order valence-corrected chi connectivity index (χ3v) is 5.64. The molecule has 0 amide bonds. The second kappa shape index (κ2) is 14.5. The summed E-state index contributed by atoms with van der Waals surface area (Å²) in [5.41, 5.74) is 0. The number of hydrogen-bond acceptors (Lipinski definition) is 4. The van der Waals surface area contributed by atoms with Crippen molar-refractivity contribution in [2.24, 2.45) is 0 Å². The van der Waals surface area contributed by atoms with Crippen LogP contribution in [0, 0.1) is 0 Å². The first-order valence-electron chi connectivity index (χ1n) is 10.6. The molecule has 1 heterocycles. The molecule has 6 heteroatoms. The van der Waals surface area contributed by atoms with E-state index in [0.29, 0.717) is 0 Å². The van der Waals surface area contributed by atoms with E-state index in [2.05, 4.69) is 36.2 Å². The summed E-state index contributed by atoms with van der Waals surface area (Å²) < 4.78 is 29.2. The van der Waals surface area contributed by atoms with Crippen LogP contribution in [0.25, 0.3) is 0 Å². The molecule has 0 saturated heterocycles. The Labute approximate surface area is 172 Å². The highest BCUT2D eigenvalue weighted by atomic mass is 32.2. The summed E-state index contributed by atoms with van der Waals surface area (Å²) in [4.78, 5) is 4.57. The van der Waals surface area contributed by atoms with Gasteiger partial charge in [0.05, 0.1) is 11.6 Å². The molecule has 0 aliphatic carbocycles. The van der Waals surface area contributed by atoms with Gasteiger partial charge < -0.3 is 9.80 Å². The SMILES string of the molecule is CCCCCCCCCCCCN1C=CN(C)C1.O=S(=O)(O)c1ccccc1. The Morgan fingerprint density at radius 2 is 1.39 bits per heavy atom. The van der Waals surface area contributed by atoms with Gasteiger partial charge in [-0.1, -0.05) is 82.9 Å². The molecule has 1 N–H and O–H groups in total. The number of rotatable bonds is 12.